The molecule has 4 heteroatoms. The van der Waals surface area contributed by atoms with Crippen LogP contribution in [0, 0.1) is 0 Å². The number of halogens is 1. The minimum Gasteiger partial charge on any atom is -0.283 e. The quantitative estimate of drug-likeness (QED) is 0.801. The van der Waals surface area contributed by atoms with E-state index in [1.54, 1.807) is 0 Å². The smallest absolute Gasteiger partial charge is 0.0892 e. The van der Waals surface area contributed by atoms with Crippen LogP contribution in [0.5, 0.6) is 0 Å². The van der Waals surface area contributed by atoms with Gasteiger partial charge in [0.15, 0.2) is 0 Å². The van der Waals surface area contributed by atoms with Crippen LogP contribution >= 0.6 is 27.7 Å². The van der Waals surface area contributed by atoms with Crippen molar-refractivity contribution in [1.82, 2.24) is 4.90 Å². The molecule has 0 aliphatic carbocycles. The Balaban J connectivity index is 1.65. The average Bonchev–Trinajstić information content (AvgIpc) is 2.87. The summed E-state index contributed by atoms with van der Waals surface area (Å²) in [4.78, 5) is 7.13. The fourth-order valence-corrected chi connectivity index (χ4v) is 3.49. The van der Waals surface area contributed by atoms with E-state index in [4.69, 9.17) is 4.99 Å². The zero-order chi connectivity index (χ0) is 13.8. The first-order valence-corrected chi connectivity index (χ1v) is 8.30. The molecule has 0 radical (unpaired) electrons. The summed E-state index contributed by atoms with van der Waals surface area (Å²) in [5.74, 6) is 1.02. The van der Waals surface area contributed by atoms with Gasteiger partial charge in [0.25, 0.3) is 0 Å². The Hall–Kier alpha value is -1.10. The van der Waals surface area contributed by atoms with Gasteiger partial charge in [-0.15, -0.1) is 0 Å². The molecule has 1 heterocycles. The Labute approximate surface area is 132 Å². The highest BCUT2D eigenvalue weighted by Crippen LogP contribution is 2.25. The lowest BCUT2D eigenvalue weighted by molar-refractivity contribution is 0.368. The van der Waals surface area contributed by atoms with Crippen LogP contribution in [0.15, 0.2) is 64.1 Å². The van der Waals surface area contributed by atoms with Gasteiger partial charge in [0.05, 0.1) is 16.6 Å². The molecule has 0 N–H and O–H groups in total. The van der Waals surface area contributed by atoms with Gasteiger partial charge in [-0.05, 0) is 23.8 Å². The number of thioether (sulfide) groups is 1. The van der Waals surface area contributed by atoms with Crippen LogP contribution in [-0.2, 0) is 6.54 Å². The standard InChI is InChI=1S/C16H15BrN2S/c17-14-7-4-8-15(9-14)18-16-11-19(12-20-16)10-13-5-2-1-3-6-13/h1-9H,10-12H2. The summed E-state index contributed by atoms with van der Waals surface area (Å²) in [6.07, 6.45) is 0. The lowest BCUT2D eigenvalue weighted by Crippen LogP contribution is -2.19. The predicted octanol–water partition coefficient (Wildman–Crippen LogP) is 4.69. The lowest BCUT2D eigenvalue weighted by atomic mass is 10.2. The van der Waals surface area contributed by atoms with Gasteiger partial charge in [-0.25, -0.2) is 4.99 Å². The molecule has 0 aromatic heterocycles. The molecule has 1 aliphatic heterocycles. The van der Waals surface area contributed by atoms with Gasteiger partial charge in [0.1, 0.15) is 0 Å². The second-order valence-electron chi connectivity index (χ2n) is 4.73. The van der Waals surface area contributed by atoms with E-state index < -0.39 is 0 Å². The van der Waals surface area contributed by atoms with Gasteiger partial charge in [0.2, 0.25) is 0 Å². The molecule has 2 aromatic carbocycles. The molecule has 3 rings (SSSR count). The zero-order valence-corrected chi connectivity index (χ0v) is 13.4. The van der Waals surface area contributed by atoms with E-state index in [0.29, 0.717) is 0 Å². The van der Waals surface area contributed by atoms with Crippen LogP contribution < -0.4 is 0 Å². The highest BCUT2D eigenvalue weighted by atomic mass is 79.9. The van der Waals surface area contributed by atoms with Crippen LogP contribution in [0.25, 0.3) is 0 Å². The zero-order valence-electron chi connectivity index (χ0n) is 11.0. The summed E-state index contributed by atoms with van der Waals surface area (Å²) in [7, 11) is 0. The minimum absolute atomic E-state index is 0.937. The van der Waals surface area contributed by atoms with Gasteiger partial charge in [0, 0.05) is 17.6 Å². The summed E-state index contributed by atoms with van der Waals surface area (Å²) in [6.45, 7) is 1.93. The Morgan fingerprint density at radius 3 is 2.75 bits per heavy atom. The summed E-state index contributed by atoms with van der Waals surface area (Å²) < 4.78 is 1.07. The van der Waals surface area contributed by atoms with Crippen molar-refractivity contribution in [3.8, 4) is 0 Å². The Bertz CT molecular complexity index is 613. The molecular formula is C16H15BrN2S. The highest BCUT2D eigenvalue weighted by Gasteiger charge is 2.18. The summed E-state index contributed by atoms with van der Waals surface area (Å²) in [6, 6.07) is 18.7. The van der Waals surface area contributed by atoms with Crippen molar-refractivity contribution in [2.24, 2.45) is 4.99 Å². The second-order valence-corrected chi connectivity index (χ2v) is 6.67. The monoisotopic (exact) mass is 346 g/mol. The second kappa shape index (κ2) is 6.57. The molecule has 0 bridgehead atoms. The fourth-order valence-electron chi connectivity index (χ4n) is 2.15. The van der Waals surface area contributed by atoms with Crippen molar-refractivity contribution in [2.75, 3.05) is 12.4 Å². The van der Waals surface area contributed by atoms with E-state index in [9.17, 15) is 0 Å². The normalized spacial score (nSPS) is 17.8. The summed E-state index contributed by atoms with van der Waals surface area (Å²) >= 11 is 5.31. The van der Waals surface area contributed by atoms with E-state index in [1.165, 1.54) is 10.6 Å². The summed E-state index contributed by atoms with van der Waals surface area (Å²) in [5, 5.41) is 1.19. The van der Waals surface area contributed by atoms with E-state index in [2.05, 4.69) is 51.2 Å². The number of rotatable bonds is 3. The molecule has 1 aliphatic rings. The average molecular weight is 347 g/mol. The number of benzene rings is 2. The van der Waals surface area contributed by atoms with Crippen molar-refractivity contribution < 1.29 is 0 Å². The van der Waals surface area contributed by atoms with Crippen LogP contribution in [0.4, 0.5) is 5.69 Å². The largest absolute Gasteiger partial charge is 0.283 e. The highest BCUT2D eigenvalue weighted by molar-refractivity contribution is 9.10. The molecule has 0 unspecified atom stereocenters. The van der Waals surface area contributed by atoms with Crippen molar-refractivity contribution in [2.45, 2.75) is 6.54 Å². The molecule has 102 valence electrons. The third kappa shape index (κ3) is 3.72. The Kier molecular flexibility index (Phi) is 4.55. The van der Waals surface area contributed by atoms with Crippen molar-refractivity contribution in [1.29, 1.82) is 0 Å². The van der Waals surface area contributed by atoms with Crippen LogP contribution in [0.1, 0.15) is 5.56 Å². The molecule has 1 fully saturated rings. The molecule has 2 aromatic rings. The third-order valence-electron chi connectivity index (χ3n) is 3.08. The molecular weight excluding hydrogens is 332 g/mol. The fraction of sp³-hybridized carbons (Fsp3) is 0.188. The lowest BCUT2D eigenvalue weighted by Gasteiger charge is -2.12. The number of nitrogens with zero attached hydrogens (tertiary/aromatic N) is 2. The SMILES string of the molecule is Brc1cccc(N=C2CN(Cc3ccccc3)CS2)c1. The van der Waals surface area contributed by atoms with Crippen molar-refractivity contribution in [3.63, 3.8) is 0 Å². The molecule has 1 saturated heterocycles. The minimum atomic E-state index is 0.937. The maximum absolute atomic E-state index is 4.72. The van der Waals surface area contributed by atoms with E-state index in [-0.39, 0.29) is 0 Å². The van der Waals surface area contributed by atoms with E-state index in [1.807, 2.05) is 36.0 Å². The molecule has 0 saturated carbocycles. The number of hydrogen-bond acceptors (Lipinski definition) is 3. The van der Waals surface area contributed by atoms with E-state index >= 15 is 0 Å². The third-order valence-corrected chi connectivity index (χ3v) is 4.62. The maximum atomic E-state index is 4.72. The first-order chi connectivity index (χ1) is 9.79. The maximum Gasteiger partial charge on any atom is 0.0892 e. The molecule has 2 nitrogen and oxygen atoms in total. The Morgan fingerprint density at radius 1 is 1.10 bits per heavy atom. The van der Waals surface area contributed by atoms with Crippen molar-refractivity contribution in [3.05, 3.63) is 64.6 Å². The first-order valence-electron chi connectivity index (χ1n) is 6.52. The number of aliphatic imine (C=N–C) groups is 1. The molecule has 0 amide bonds. The summed E-state index contributed by atoms with van der Waals surface area (Å²) in [5.41, 5.74) is 2.38. The Morgan fingerprint density at radius 2 is 1.95 bits per heavy atom. The van der Waals surface area contributed by atoms with Crippen LogP contribution in [0.2, 0.25) is 0 Å². The van der Waals surface area contributed by atoms with E-state index in [0.717, 1.165) is 29.1 Å². The van der Waals surface area contributed by atoms with Gasteiger partial charge in [-0.2, -0.15) is 0 Å². The van der Waals surface area contributed by atoms with Gasteiger partial charge in [-0.1, -0.05) is 64.1 Å². The first kappa shape index (κ1) is 13.9. The number of hydrogen-bond donors (Lipinski definition) is 0. The van der Waals surface area contributed by atoms with Crippen LogP contribution in [-0.4, -0.2) is 22.4 Å². The molecule has 0 spiro atoms. The van der Waals surface area contributed by atoms with Gasteiger partial charge < -0.3 is 0 Å². The van der Waals surface area contributed by atoms with Crippen LogP contribution in [0.3, 0.4) is 0 Å². The molecule has 20 heavy (non-hydrogen) atoms. The van der Waals surface area contributed by atoms with Gasteiger partial charge >= 0.3 is 0 Å². The topological polar surface area (TPSA) is 15.6 Å². The van der Waals surface area contributed by atoms with Gasteiger partial charge in [-0.3, -0.25) is 4.90 Å². The predicted molar refractivity (Wildman–Crippen MR) is 90.5 cm³/mol. The van der Waals surface area contributed by atoms with Crippen molar-refractivity contribution >= 4 is 38.4 Å². The molecule has 0 atom stereocenters.